The average Bonchev–Trinajstić information content (AvgIpc) is 2.99. The molecular weight excluding hydrogens is 342 g/mol. The van der Waals surface area contributed by atoms with Crippen LogP contribution in [0.1, 0.15) is 45.1 Å². The molecule has 0 radical (unpaired) electrons. The highest BCUT2D eigenvalue weighted by molar-refractivity contribution is 5.72. The number of unbranched alkanes of at least 4 members (excludes halogenated alkanes) is 2. The monoisotopic (exact) mass is 369 g/mol. The number of rotatable bonds is 10. The Morgan fingerprint density at radius 3 is 2.48 bits per heavy atom. The number of oxazole rings is 1. The first-order chi connectivity index (χ1) is 13.2. The zero-order valence-electron chi connectivity index (χ0n) is 16.1. The lowest BCUT2D eigenvalue weighted by Gasteiger charge is -2.14. The van der Waals surface area contributed by atoms with E-state index < -0.39 is 0 Å². The van der Waals surface area contributed by atoms with Crippen molar-refractivity contribution < 1.29 is 13.9 Å². The Morgan fingerprint density at radius 2 is 1.70 bits per heavy atom. The molecule has 0 bridgehead atoms. The lowest BCUT2D eigenvalue weighted by Crippen LogP contribution is -2.15. The van der Waals surface area contributed by atoms with Crippen LogP contribution in [0.5, 0.6) is 11.5 Å². The van der Waals surface area contributed by atoms with Crippen molar-refractivity contribution in [2.75, 3.05) is 13.2 Å². The Kier molecular flexibility index (Phi) is 6.58. The van der Waals surface area contributed by atoms with Crippen molar-refractivity contribution in [2.45, 2.75) is 46.1 Å². The smallest absolute Gasteiger partial charge is 0.420 e. The van der Waals surface area contributed by atoms with E-state index in [2.05, 4.69) is 13.8 Å². The maximum absolute atomic E-state index is 12.3. The minimum Gasteiger partial charge on any atom is -0.493 e. The summed E-state index contributed by atoms with van der Waals surface area (Å²) in [5, 5.41) is 0. The predicted octanol–water partition coefficient (Wildman–Crippen LogP) is 5.00. The van der Waals surface area contributed by atoms with Crippen LogP contribution >= 0.6 is 0 Å². The molecule has 0 aliphatic rings. The highest BCUT2D eigenvalue weighted by atomic mass is 16.5. The molecule has 0 saturated heterocycles. The first kappa shape index (κ1) is 19.1. The first-order valence-electron chi connectivity index (χ1n) is 9.69. The van der Waals surface area contributed by atoms with Crippen LogP contribution in [0.15, 0.2) is 51.7 Å². The van der Waals surface area contributed by atoms with Crippen molar-refractivity contribution in [2.24, 2.45) is 0 Å². The molecule has 3 rings (SSSR count). The lowest BCUT2D eigenvalue weighted by molar-refractivity contribution is 0.291. The number of ether oxygens (including phenoxy) is 2. The third-order valence-electron chi connectivity index (χ3n) is 4.46. The Balaban J connectivity index is 1.87. The molecule has 144 valence electrons. The second-order valence-corrected chi connectivity index (χ2v) is 6.60. The van der Waals surface area contributed by atoms with Crippen LogP contribution in [0.2, 0.25) is 0 Å². The molecule has 5 nitrogen and oxygen atoms in total. The molecule has 3 aromatic rings. The van der Waals surface area contributed by atoms with Crippen molar-refractivity contribution in [1.82, 2.24) is 4.57 Å². The van der Waals surface area contributed by atoms with E-state index in [0.29, 0.717) is 25.3 Å². The van der Waals surface area contributed by atoms with Crippen molar-refractivity contribution in [3.8, 4) is 11.5 Å². The van der Waals surface area contributed by atoms with E-state index >= 15 is 0 Å². The fraction of sp³-hybridized carbons (Fsp3) is 0.409. The summed E-state index contributed by atoms with van der Waals surface area (Å²) >= 11 is 0. The largest absolute Gasteiger partial charge is 0.493 e. The Labute approximate surface area is 159 Å². The summed E-state index contributed by atoms with van der Waals surface area (Å²) in [6.45, 7) is 6.00. The van der Waals surface area contributed by atoms with E-state index in [4.69, 9.17) is 13.9 Å². The van der Waals surface area contributed by atoms with Gasteiger partial charge in [-0.1, -0.05) is 38.8 Å². The topological polar surface area (TPSA) is 53.6 Å². The normalized spacial score (nSPS) is 11.0. The molecule has 0 aliphatic heterocycles. The third kappa shape index (κ3) is 4.73. The Hall–Kier alpha value is -2.69. The second kappa shape index (κ2) is 9.31. The summed E-state index contributed by atoms with van der Waals surface area (Å²) in [5.41, 5.74) is 2.31. The predicted molar refractivity (Wildman–Crippen MR) is 107 cm³/mol. The number of hydrogen-bond acceptors (Lipinski definition) is 4. The van der Waals surface area contributed by atoms with E-state index in [1.807, 2.05) is 36.4 Å². The van der Waals surface area contributed by atoms with E-state index in [9.17, 15) is 4.79 Å². The standard InChI is InChI=1S/C22H27NO4/c1-3-5-13-25-18-12-11-17(21(15-18)26-14-6-4-2)16-23-19-9-7-8-10-20(19)27-22(23)24/h7-12,15H,3-6,13-14,16H2,1-2H3. The van der Waals surface area contributed by atoms with Gasteiger partial charge in [0.2, 0.25) is 0 Å². The molecule has 0 unspecified atom stereocenters. The molecule has 0 saturated carbocycles. The van der Waals surface area contributed by atoms with Gasteiger partial charge in [-0.2, -0.15) is 0 Å². The average molecular weight is 369 g/mol. The summed E-state index contributed by atoms with van der Waals surface area (Å²) in [6, 6.07) is 13.3. The highest BCUT2D eigenvalue weighted by Gasteiger charge is 2.13. The quantitative estimate of drug-likeness (QED) is 0.472. The van der Waals surface area contributed by atoms with Crippen LogP contribution in [-0.2, 0) is 6.54 Å². The fourth-order valence-corrected chi connectivity index (χ4v) is 2.88. The first-order valence-corrected chi connectivity index (χ1v) is 9.69. The number of benzene rings is 2. The minimum atomic E-state index is -0.362. The van der Waals surface area contributed by atoms with Crippen LogP contribution in [0, 0.1) is 0 Å². The molecule has 0 aliphatic carbocycles. The highest BCUT2D eigenvalue weighted by Crippen LogP contribution is 2.27. The summed E-state index contributed by atoms with van der Waals surface area (Å²) in [7, 11) is 0. The number of nitrogens with zero attached hydrogens (tertiary/aromatic N) is 1. The zero-order chi connectivity index (χ0) is 19.1. The van der Waals surface area contributed by atoms with Gasteiger partial charge in [0.05, 0.1) is 25.3 Å². The van der Waals surface area contributed by atoms with E-state index in [-0.39, 0.29) is 5.76 Å². The Bertz CT molecular complexity index is 925. The molecule has 1 aromatic heterocycles. The van der Waals surface area contributed by atoms with Gasteiger partial charge >= 0.3 is 5.76 Å². The van der Waals surface area contributed by atoms with E-state index in [1.54, 1.807) is 10.6 Å². The van der Waals surface area contributed by atoms with Gasteiger partial charge in [-0.3, -0.25) is 4.57 Å². The van der Waals surface area contributed by atoms with Gasteiger partial charge in [0, 0.05) is 11.6 Å². The summed E-state index contributed by atoms with van der Waals surface area (Å²) < 4.78 is 18.8. The minimum absolute atomic E-state index is 0.362. The maximum Gasteiger partial charge on any atom is 0.420 e. The summed E-state index contributed by atoms with van der Waals surface area (Å²) in [6.07, 6.45) is 4.15. The molecule has 0 fully saturated rings. The van der Waals surface area contributed by atoms with Crippen LogP contribution in [0.25, 0.3) is 11.1 Å². The molecule has 27 heavy (non-hydrogen) atoms. The second-order valence-electron chi connectivity index (χ2n) is 6.60. The third-order valence-corrected chi connectivity index (χ3v) is 4.46. The zero-order valence-corrected chi connectivity index (χ0v) is 16.1. The Morgan fingerprint density at radius 1 is 0.963 bits per heavy atom. The van der Waals surface area contributed by atoms with Crippen molar-refractivity contribution in [1.29, 1.82) is 0 Å². The SMILES string of the molecule is CCCCOc1ccc(Cn2c(=O)oc3ccccc32)c(OCCCC)c1. The van der Waals surface area contributed by atoms with Gasteiger partial charge in [0.25, 0.3) is 0 Å². The van der Waals surface area contributed by atoms with Gasteiger partial charge in [0.15, 0.2) is 5.58 Å². The van der Waals surface area contributed by atoms with Gasteiger partial charge in [0.1, 0.15) is 11.5 Å². The van der Waals surface area contributed by atoms with Crippen LogP contribution in [0.4, 0.5) is 0 Å². The van der Waals surface area contributed by atoms with Gasteiger partial charge in [-0.25, -0.2) is 4.79 Å². The molecule has 0 spiro atoms. The van der Waals surface area contributed by atoms with Crippen LogP contribution in [-0.4, -0.2) is 17.8 Å². The van der Waals surface area contributed by atoms with Crippen LogP contribution < -0.4 is 15.2 Å². The number of hydrogen-bond donors (Lipinski definition) is 0. The number of fused-ring (bicyclic) bond motifs is 1. The molecular formula is C22H27NO4. The van der Waals surface area contributed by atoms with Crippen LogP contribution in [0.3, 0.4) is 0 Å². The lowest BCUT2D eigenvalue weighted by atomic mass is 10.1. The van der Waals surface area contributed by atoms with Gasteiger partial charge in [-0.15, -0.1) is 0 Å². The van der Waals surface area contributed by atoms with E-state index in [1.165, 1.54) is 0 Å². The summed E-state index contributed by atoms with van der Waals surface area (Å²) in [4.78, 5) is 12.3. The molecule has 0 N–H and O–H groups in total. The summed E-state index contributed by atoms with van der Waals surface area (Å²) in [5.74, 6) is 1.19. The fourth-order valence-electron chi connectivity index (χ4n) is 2.88. The maximum atomic E-state index is 12.3. The molecule has 5 heteroatoms. The van der Waals surface area contributed by atoms with Gasteiger partial charge in [-0.05, 0) is 37.1 Å². The van der Waals surface area contributed by atoms with Gasteiger partial charge < -0.3 is 13.9 Å². The molecule has 2 aromatic carbocycles. The van der Waals surface area contributed by atoms with E-state index in [0.717, 1.165) is 48.3 Å². The van der Waals surface area contributed by atoms with Crippen molar-refractivity contribution in [3.63, 3.8) is 0 Å². The molecule has 0 atom stereocenters. The molecule has 1 heterocycles. The number of aromatic nitrogens is 1. The van der Waals surface area contributed by atoms with Crippen molar-refractivity contribution >= 4 is 11.1 Å². The molecule has 0 amide bonds. The number of para-hydroxylation sites is 2. The van der Waals surface area contributed by atoms with Crippen molar-refractivity contribution in [3.05, 3.63) is 58.6 Å².